The second-order valence-electron chi connectivity index (χ2n) is 3.72. The number of nitrogens with zero attached hydrogens (tertiary/aromatic N) is 2. The fourth-order valence-electron chi connectivity index (χ4n) is 1.36. The van der Waals surface area contributed by atoms with E-state index < -0.39 is 5.97 Å². The number of hydrogen-bond donors (Lipinski definition) is 0. The fourth-order valence-corrected chi connectivity index (χ4v) is 1.36. The van der Waals surface area contributed by atoms with E-state index in [9.17, 15) is 4.79 Å². The summed E-state index contributed by atoms with van der Waals surface area (Å²) in [6, 6.07) is 7.25. The molecule has 5 nitrogen and oxygen atoms in total. The molecule has 98 valence electrons. The second-order valence-corrected chi connectivity index (χ2v) is 3.72. The number of carbonyl (C=O) groups is 1. The summed E-state index contributed by atoms with van der Waals surface area (Å²) in [5.41, 5.74) is 0.594. The zero-order valence-electron chi connectivity index (χ0n) is 11.1. The maximum atomic E-state index is 11.8. The molecule has 0 saturated heterocycles. The molecule has 5 heteroatoms. The van der Waals surface area contributed by atoms with Crippen molar-refractivity contribution in [1.29, 1.82) is 0 Å². The van der Waals surface area contributed by atoms with E-state index in [0.29, 0.717) is 18.0 Å². The summed E-state index contributed by atoms with van der Waals surface area (Å²) in [4.78, 5) is 17.7. The molecule has 0 aromatic heterocycles. The summed E-state index contributed by atoms with van der Waals surface area (Å²) in [6.07, 6.45) is 0. The normalized spacial score (nSPS) is 11.0. The van der Waals surface area contributed by atoms with Gasteiger partial charge in [0.2, 0.25) is 5.84 Å². The Morgan fingerprint density at radius 2 is 2.00 bits per heavy atom. The van der Waals surface area contributed by atoms with Crippen molar-refractivity contribution in [2.75, 3.05) is 27.8 Å². The van der Waals surface area contributed by atoms with Crippen molar-refractivity contribution in [3.8, 4) is 5.75 Å². The molecule has 0 saturated carbocycles. The summed E-state index contributed by atoms with van der Waals surface area (Å²) in [7, 11) is 5.05. The van der Waals surface area contributed by atoms with E-state index in [-0.39, 0.29) is 5.84 Å². The van der Waals surface area contributed by atoms with Gasteiger partial charge in [0.15, 0.2) is 0 Å². The van der Waals surface area contributed by atoms with E-state index in [2.05, 4.69) is 4.99 Å². The summed E-state index contributed by atoms with van der Waals surface area (Å²) >= 11 is 0. The van der Waals surface area contributed by atoms with Crippen LogP contribution in [0.2, 0.25) is 0 Å². The molecule has 0 aliphatic carbocycles. The van der Waals surface area contributed by atoms with Gasteiger partial charge in [-0.05, 0) is 19.1 Å². The SMILES string of the molecule is CCOC(=O)C(=Nc1ccccc1OC)N(C)C. The fraction of sp³-hybridized carbons (Fsp3) is 0.385. The number of ether oxygens (including phenoxy) is 2. The van der Waals surface area contributed by atoms with Gasteiger partial charge in [-0.15, -0.1) is 0 Å². The van der Waals surface area contributed by atoms with Gasteiger partial charge in [0.05, 0.1) is 13.7 Å². The molecule has 0 bridgehead atoms. The van der Waals surface area contributed by atoms with Gasteiger partial charge in [0, 0.05) is 14.1 Å². The van der Waals surface area contributed by atoms with Gasteiger partial charge in [-0.1, -0.05) is 12.1 Å². The Morgan fingerprint density at radius 1 is 1.33 bits per heavy atom. The summed E-state index contributed by atoms with van der Waals surface area (Å²) in [5, 5.41) is 0. The maximum absolute atomic E-state index is 11.8. The van der Waals surface area contributed by atoms with Crippen molar-refractivity contribution >= 4 is 17.5 Å². The van der Waals surface area contributed by atoms with Gasteiger partial charge in [-0.2, -0.15) is 0 Å². The van der Waals surface area contributed by atoms with Crippen LogP contribution >= 0.6 is 0 Å². The third kappa shape index (κ3) is 3.48. The van der Waals surface area contributed by atoms with Crippen LogP contribution in [0.4, 0.5) is 5.69 Å². The van der Waals surface area contributed by atoms with Crippen molar-refractivity contribution in [2.24, 2.45) is 4.99 Å². The first kappa shape index (κ1) is 14.0. The summed E-state index contributed by atoms with van der Waals surface area (Å²) < 4.78 is 10.1. The van der Waals surface area contributed by atoms with Gasteiger partial charge < -0.3 is 14.4 Å². The molecule has 0 aliphatic heterocycles. The summed E-state index contributed by atoms with van der Waals surface area (Å²) in [5.74, 6) is 0.399. The smallest absolute Gasteiger partial charge is 0.374 e. The molecular weight excluding hydrogens is 232 g/mol. The molecule has 0 unspecified atom stereocenters. The minimum atomic E-state index is -0.451. The van der Waals surface area contributed by atoms with E-state index in [1.165, 1.54) is 0 Å². The quantitative estimate of drug-likeness (QED) is 0.466. The molecule has 0 radical (unpaired) electrons. The van der Waals surface area contributed by atoms with Crippen LogP contribution in [0.25, 0.3) is 0 Å². The van der Waals surface area contributed by atoms with Crippen LogP contribution in [0, 0.1) is 0 Å². The third-order valence-corrected chi connectivity index (χ3v) is 2.19. The molecule has 1 rings (SSSR count). The standard InChI is InChI=1S/C13H18N2O3/c1-5-18-13(16)12(15(2)3)14-10-8-6-7-9-11(10)17-4/h6-9H,5H2,1-4H3. The van der Waals surface area contributed by atoms with Crippen LogP contribution in [0.5, 0.6) is 5.75 Å². The molecule has 18 heavy (non-hydrogen) atoms. The Labute approximate surface area is 107 Å². The van der Waals surface area contributed by atoms with Crippen LogP contribution in [0.15, 0.2) is 29.3 Å². The maximum Gasteiger partial charge on any atom is 0.374 e. The molecule has 0 amide bonds. The van der Waals surface area contributed by atoms with E-state index in [4.69, 9.17) is 9.47 Å². The average molecular weight is 250 g/mol. The molecular formula is C13H18N2O3. The van der Waals surface area contributed by atoms with E-state index in [0.717, 1.165) is 0 Å². The monoisotopic (exact) mass is 250 g/mol. The van der Waals surface area contributed by atoms with E-state index in [1.54, 1.807) is 45.2 Å². The van der Waals surface area contributed by atoms with Crippen molar-refractivity contribution in [2.45, 2.75) is 6.92 Å². The number of esters is 1. The Balaban J connectivity index is 3.12. The number of carbonyl (C=O) groups excluding carboxylic acids is 1. The van der Waals surface area contributed by atoms with Crippen LogP contribution < -0.4 is 4.74 Å². The van der Waals surface area contributed by atoms with Crippen LogP contribution in [0.3, 0.4) is 0 Å². The number of benzene rings is 1. The molecule has 0 fully saturated rings. The zero-order valence-corrected chi connectivity index (χ0v) is 11.1. The number of hydrogen-bond acceptors (Lipinski definition) is 4. The highest BCUT2D eigenvalue weighted by atomic mass is 16.5. The molecule has 0 spiro atoms. The minimum absolute atomic E-state index is 0.237. The van der Waals surface area contributed by atoms with Crippen LogP contribution in [-0.2, 0) is 9.53 Å². The predicted octanol–water partition coefficient (Wildman–Crippen LogP) is 1.85. The molecule has 0 atom stereocenters. The van der Waals surface area contributed by atoms with Gasteiger partial charge in [-0.3, -0.25) is 0 Å². The topological polar surface area (TPSA) is 51.1 Å². The van der Waals surface area contributed by atoms with Crippen molar-refractivity contribution in [3.05, 3.63) is 24.3 Å². The van der Waals surface area contributed by atoms with E-state index >= 15 is 0 Å². The van der Waals surface area contributed by atoms with Crippen molar-refractivity contribution < 1.29 is 14.3 Å². The largest absolute Gasteiger partial charge is 0.494 e. The average Bonchev–Trinajstić information content (AvgIpc) is 2.36. The highest BCUT2D eigenvalue weighted by Gasteiger charge is 2.16. The molecule has 0 aliphatic rings. The molecule has 0 N–H and O–H groups in total. The lowest BCUT2D eigenvalue weighted by molar-refractivity contribution is -0.135. The number of amidine groups is 1. The zero-order chi connectivity index (χ0) is 13.5. The van der Waals surface area contributed by atoms with Crippen LogP contribution in [-0.4, -0.2) is 44.5 Å². The van der Waals surface area contributed by atoms with Gasteiger partial charge in [0.1, 0.15) is 11.4 Å². The first-order valence-corrected chi connectivity index (χ1v) is 5.66. The minimum Gasteiger partial charge on any atom is -0.494 e. The lowest BCUT2D eigenvalue weighted by atomic mass is 10.3. The summed E-state index contributed by atoms with van der Waals surface area (Å²) in [6.45, 7) is 2.08. The van der Waals surface area contributed by atoms with E-state index in [1.807, 2.05) is 12.1 Å². The Hall–Kier alpha value is -2.04. The third-order valence-electron chi connectivity index (χ3n) is 2.19. The van der Waals surface area contributed by atoms with Crippen molar-refractivity contribution in [3.63, 3.8) is 0 Å². The second kappa shape index (κ2) is 6.64. The van der Waals surface area contributed by atoms with Gasteiger partial charge in [0.25, 0.3) is 0 Å². The lowest BCUT2D eigenvalue weighted by Gasteiger charge is -2.14. The van der Waals surface area contributed by atoms with Crippen LogP contribution in [0.1, 0.15) is 6.92 Å². The highest BCUT2D eigenvalue weighted by molar-refractivity contribution is 6.35. The highest BCUT2D eigenvalue weighted by Crippen LogP contribution is 2.26. The number of likely N-dealkylation sites (N-methyl/N-ethyl adjacent to an activating group) is 1. The molecule has 0 heterocycles. The Kier molecular flexibility index (Phi) is 5.17. The number of rotatable bonds is 3. The van der Waals surface area contributed by atoms with Gasteiger partial charge >= 0.3 is 5.97 Å². The predicted molar refractivity (Wildman–Crippen MR) is 70.4 cm³/mol. The molecule has 1 aromatic rings. The number of aliphatic imine (C=N–C) groups is 1. The Morgan fingerprint density at radius 3 is 2.56 bits per heavy atom. The van der Waals surface area contributed by atoms with Crippen molar-refractivity contribution in [1.82, 2.24) is 4.90 Å². The number of methoxy groups -OCH3 is 1. The molecule has 1 aromatic carbocycles. The number of para-hydroxylation sites is 2. The Bertz CT molecular complexity index is 442. The first-order chi connectivity index (χ1) is 8.60. The van der Waals surface area contributed by atoms with Gasteiger partial charge in [-0.25, -0.2) is 9.79 Å². The first-order valence-electron chi connectivity index (χ1n) is 5.66. The lowest BCUT2D eigenvalue weighted by Crippen LogP contribution is -2.31.